The first kappa shape index (κ1) is 33.5. The molecule has 3 aromatic heterocycles. The first-order chi connectivity index (χ1) is 29.0. The van der Waals surface area contributed by atoms with E-state index in [1.165, 1.54) is 22.3 Å². The van der Waals surface area contributed by atoms with E-state index >= 15 is 0 Å². The third-order valence-corrected chi connectivity index (χ3v) is 12.2. The first-order valence-corrected chi connectivity index (χ1v) is 20.0. The molecule has 11 aromatic rings. The average Bonchev–Trinajstić information content (AvgIpc) is 3.93. The summed E-state index contributed by atoms with van der Waals surface area (Å²) >= 11 is 0. The van der Waals surface area contributed by atoms with Gasteiger partial charge >= 0.3 is 0 Å². The molecule has 0 unspecified atom stereocenters. The lowest BCUT2D eigenvalue weighted by molar-refractivity contribution is 0.660. The normalized spacial score (nSPS) is 13.1. The molecule has 0 aliphatic heterocycles. The van der Waals surface area contributed by atoms with Crippen LogP contribution in [0.25, 0.3) is 111 Å². The van der Waals surface area contributed by atoms with Gasteiger partial charge in [-0.3, -0.25) is 0 Å². The smallest absolute Gasteiger partial charge is 0.164 e. The molecule has 0 bridgehead atoms. The minimum atomic E-state index is -0.149. The Morgan fingerprint density at radius 3 is 1.34 bits per heavy atom. The van der Waals surface area contributed by atoms with Crippen molar-refractivity contribution in [2.75, 3.05) is 0 Å². The Morgan fingerprint density at radius 2 is 0.763 bits per heavy atom. The van der Waals surface area contributed by atoms with Crippen LogP contribution in [-0.4, -0.2) is 15.0 Å². The minimum absolute atomic E-state index is 0.149. The Hall–Kier alpha value is -7.63. The van der Waals surface area contributed by atoms with Gasteiger partial charge < -0.3 is 8.83 Å². The molecule has 0 saturated carbocycles. The molecular weight excluding hydrogens is 723 g/mol. The Balaban J connectivity index is 0.972. The number of fused-ring (bicyclic) bond motifs is 9. The number of hydrogen-bond donors (Lipinski definition) is 0. The lowest BCUT2D eigenvalue weighted by Gasteiger charge is -2.21. The van der Waals surface area contributed by atoms with Crippen LogP contribution >= 0.6 is 0 Å². The summed E-state index contributed by atoms with van der Waals surface area (Å²) in [7, 11) is 0. The highest BCUT2D eigenvalue weighted by atomic mass is 16.3. The molecule has 0 N–H and O–H groups in total. The van der Waals surface area contributed by atoms with E-state index in [-0.39, 0.29) is 5.41 Å². The highest BCUT2D eigenvalue weighted by molar-refractivity contribution is 6.07. The van der Waals surface area contributed by atoms with E-state index in [1.54, 1.807) is 0 Å². The molecule has 0 saturated heterocycles. The molecule has 8 aromatic carbocycles. The fourth-order valence-electron chi connectivity index (χ4n) is 9.13. The van der Waals surface area contributed by atoms with E-state index in [2.05, 4.69) is 166 Å². The average molecular weight is 758 g/mol. The standard InChI is InChI=1S/C54H35N3O2/c1-54(2)44-14-6-3-12-40(44)50-41(13-9-15-45(50)54)53-56-51(34-22-18-32(19-23-34)36-26-28-48-42(30-36)38-10-4-7-16-46(38)58-48)55-52(57-53)35-24-20-33(21-25-35)37-27-29-49-43(31-37)39-11-5-8-17-47(39)59-49/h3-31H,1-2H3. The number of aromatic nitrogens is 3. The predicted molar refractivity (Wildman–Crippen MR) is 239 cm³/mol. The van der Waals surface area contributed by atoms with Crippen LogP contribution in [0.4, 0.5) is 0 Å². The summed E-state index contributed by atoms with van der Waals surface area (Å²) in [5, 5.41) is 4.45. The predicted octanol–water partition coefficient (Wildman–Crippen LogP) is 14.3. The second kappa shape index (κ2) is 12.7. The van der Waals surface area contributed by atoms with Crippen LogP contribution in [0.5, 0.6) is 0 Å². The zero-order valence-electron chi connectivity index (χ0n) is 32.4. The monoisotopic (exact) mass is 757 g/mol. The van der Waals surface area contributed by atoms with Crippen molar-refractivity contribution in [3.05, 3.63) is 187 Å². The third-order valence-electron chi connectivity index (χ3n) is 12.2. The van der Waals surface area contributed by atoms with Gasteiger partial charge in [0.15, 0.2) is 17.5 Å². The van der Waals surface area contributed by atoms with E-state index in [1.807, 2.05) is 24.3 Å². The summed E-state index contributed by atoms with van der Waals surface area (Å²) in [5.41, 5.74) is 15.7. The fraction of sp³-hybridized carbons (Fsp3) is 0.0556. The maximum atomic E-state index is 6.10. The summed E-state index contributed by atoms with van der Waals surface area (Å²) in [6.45, 7) is 4.60. The van der Waals surface area contributed by atoms with Crippen LogP contribution < -0.4 is 0 Å². The van der Waals surface area contributed by atoms with Crippen molar-refractivity contribution in [1.82, 2.24) is 15.0 Å². The quantitative estimate of drug-likeness (QED) is 0.175. The van der Waals surface area contributed by atoms with E-state index < -0.39 is 0 Å². The third kappa shape index (κ3) is 5.28. The molecule has 12 rings (SSSR count). The van der Waals surface area contributed by atoms with Crippen LogP contribution in [0.3, 0.4) is 0 Å². The SMILES string of the molecule is CC1(C)c2ccccc2-c2c(-c3nc(-c4ccc(-c5ccc6oc7ccccc7c6c5)cc4)nc(-c4ccc(-c5ccc6oc7ccccc7c6c5)cc4)n3)cccc21. The van der Waals surface area contributed by atoms with Crippen LogP contribution in [-0.2, 0) is 5.41 Å². The molecule has 59 heavy (non-hydrogen) atoms. The molecular formula is C54H35N3O2. The van der Waals surface area contributed by atoms with Crippen LogP contribution in [0, 0.1) is 0 Å². The Bertz CT molecular complexity index is 3290. The van der Waals surface area contributed by atoms with Gasteiger partial charge in [-0.05, 0) is 80.9 Å². The van der Waals surface area contributed by atoms with Gasteiger partial charge in [0.25, 0.3) is 0 Å². The summed E-state index contributed by atoms with van der Waals surface area (Å²) in [5.74, 6) is 1.90. The molecule has 0 amide bonds. The van der Waals surface area contributed by atoms with Crippen LogP contribution in [0.1, 0.15) is 25.0 Å². The molecule has 3 heterocycles. The fourth-order valence-corrected chi connectivity index (χ4v) is 9.13. The van der Waals surface area contributed by atoms with E-state index in [9.17, 15) is 0 Å². The zero-order valence-corrected chi connectivity index (χ0v) is 32.4. The van der Waals surface area contributed by atoms with Crippen molar-refractivity contribution in [1.29, 1.82) is 0 Å². The lowest BCUT2D eigenvalue weighted by Crippen LogP contribution is -2.14. The number of para-hydroxylation sites is 2. The Morgan fingerprint density at radius 1 is 0.339 bits per heavy atom. The Kier molecular flexibility index (Phi) is 7.20. The molecule has 0 fully saturated rings. The summed E-state index contributed by atoms with van der Waals surface area (Å²) in [6.07, 6.45) is 0. The largest absolute Gasteiger partial charge is 0.456 e. The van der Waals surface area contributed by atoms with Crippen molar-refractivity contribution in [3.63, 3.8) is 0 Å². The van der Waals surface area contributed by atoms with E-state index in [0.29, 0.717) is 17.5 Å². The summed E-state index contributed by atoms with van der Waals surface area (Å²) < 4.78 is 12.2. The number of rotatable bonds is 5. The highest BCUT2D eigenvalue weighted by Gasteiger charge is 2.37. The molecule has 278 valence electrons. The van der Waals surface area contributed by atoms with Gasteiger partial charge in [0.2, 0.25) is 0 Å². The Labute approximate surface area is 340 Å². The van der Waals surface area contributed by atoms with Gasteiger partial charge in [0, 0.05) is 43.7 Å². The van der Waals surface area contributed by atoms with Gasteiger partial charge in [-0.1, -0.05) is 153 Å². The van der Waals surface area contributed by atoms with Gasteiger partial charge in [-0.15, -0.1) is 0 Å². The van der Waals surface area contributed by atoms with Crippen molar-refractivity contribution in [2.45, 2.75) is 19.3 Å². The minimum Gasteiger partial charge on any atom is -0.456 e. The van der Waals surface area contributed by atoms with Crippen LogP contribution in [0.2, 0.25) is 0 Å². The molecule has 0 spiro atoms. The summed E-state index contributed by atoms with van der Waals surface area (Å²) in [6, 6.07) is 61.4. The van der Waals surface area contributed by atoms with Crippen molar-refractivity contribution < 1.29 is 8.83 Å². The second-order valence-electron chi connectivity index (χ2n) is 16.0. The van der Waals surface area contributed by atoms with Crippen molar-refractivity contribution >= 4 is 43.9 Å². The topological polar surface area (TPSA) is 65.0 Å². The molecule has 5 nitrogen and oxygen atoms in total. The molecule has 5 heteroatoms. The molecule has 0 atom stereocenters. The van der Waals surface area contributed by atoms with Crippen LogP contribution in [0.15, 0.2) is 185 Å². The maximum Gasteiger partial charge on any atom is 0.164 e. The van der Waals surface area contributed by atoms with E-state index in [4.69, 9.17) is 23.8 Å². The number of nitrogens with zero attached hydrogens (tertiary/aromatic N) is 3. The van der Waals surface area contributed by atoms with Gasteiger partial charge in [-0.25, -0.2) is 15.0 Å². The van der Waals surface area contributed by atoms with Gasteiger partial charge in [-0.2, -0.15) is 0 Å². The highest BCUT2D eigenvalue weighted by Crippen LogP contribution is 2.51. The van der Waals surface area contributed by atoms with Gasteiger partial charge in [0.1, 0.15) is 22.3 Å². The zero-order chi connectivity index (χ0) is 39.2. The molecule has 1 aliphatic carbocycles. The molecule has 1 aliphatic rings. The first-order valence-electron chi connectivity index (χ1n) is 20.0. The number of benzene rings is 8. The second-order valence-corrected chi connectivity index (χ2v) is 16.0. The number of hydrogen-bond acceptors (Lipinski definition) is 5. The van der Waals surface area contributed by atoms with Crippen molar-refractivity contribution in [2.24, 2.45) is 0 Å². The maximum absolute atomic E-state index is 6.10. The number of furan rings is 2. The summed E-state index contributed by atoms with van der Waals surface area (Å²) in [4.78, 5) is 15.6. The van der Waals surface area contributed by atoms with Crippen molar-refractivity contribution in [3.8, 4) is 67.5 Å². The lowest BCUT2D eigenvalue weighted by atomic mass is 9.82. The molecule has 0 radical (unpaired) electrons. The van der Waals surface area contributed by atoms with Gasteiger partial charge in [0.05, 0.1) is 0 Å². The van der Waals surface area contributed by atoms with E-state index in [0.717, 1.165) is 82.8 Å².